The predicted octanol–water partition coefficient (Wildman–Crippen LogP) is 2.72. The maximum Gasteiger partial charge on any atom is 0.241 e. The molecule has 1 aromatic heterocycles. The quantitative estimate of drug-likeness (QED) is 0.351. The van der Waals surface area contributed by atoms with Crippen molar-refractivity contribution in [3.63, 3.8) is 0 Å². The highest BCUT2D eigenvalue weighted by Gasteiger charge is 2.24. The van der Waals surface area contributed by atoms with Crippen molar-refractivity contribution in [1.29, 1.82) is 0 Å². The Hall–Kier alpha value is -2.16. The molecule has 0 bridgehead atoms. The van der Waals surface area contributed by atoms with Gasteiger partial charge in [0.25, 0.3) is 0 Å². The molecule has 0 fully saturated rings. The minimum atomic E-state index is -3.63. The Kier molecular flexibility index (Phi) is 8.01. The third-order valence-corrected chi connectivity index (χ3v) is 5.95. The van der Waals surface area contributed by atoms with Gasteiger partial charge in [0.2, 0.25) is 10.0 Å². The summed E-state index contributed by atoms with van der Waals surface area (Å²) in [6, 6.07) is 10.6. The van der Waals surface area contributed by atoms with E-state index in [1.54, 1.807) is 37.5 Å². The predicted molar refractivity (Wildman–Crippen MR) is 118 cm³/mol. The van der Waals surface area contributed by atoms with Crippen LogP contribution < -0.4 is 15.4 Å². The van der Waals surface area contributed by atoms with Gasteiger partial charge in [-0.2, -0.15) is 0 Å². The number of hydrogen-bond donors (Lipinski definition) is 3. The van der Waals surface area contributed by atoms with Crippen molar-refractivity contribution in [3.05, 3.63) is 58.9 Å². The van der Waals surface area contributed by atoms with Gasteiger partial charge < -0.3 is 10.6 Å². The van der Waals surface area contributed by atoms with Crippen LogP contribution in [0.15, 0.2) is 52.5 Å². The number of benzene rings is 1. The molecule has 0 atom stereocenters. The van der Waals surface area contributed by atoms with Gasteiger partial charge in [-0.1, -0.05) is 35.9 Å². The summed E-state index contributed by atoms with van der Waals surface area (Å²) in [5.74, 6) is 0.586. The SMILES string of the molecule is CN=C(NCCc1ccc(Cl)nc1)NCc1ccccc1S(=O)(=O)NC(C)(C)C. The van der Waals surface area contributed by atoms with Crippen molar-refractivity contribution in [1.82, 2.24) is 20.3 Å². The minimum Gasteiger partial charge on any atom is -0.356 e. The minimum absolute atomic E-state index is 0.255. The van der Waals surface area contributed by atoms with Gasteiger partial charge >= 0.3 is 0 Å². The molecule has 3 N–H and O–H groups in total. The molecule has 158 valence electrons. The Labute approximate surface area is 178 Å². The number of hydrogen-bond acceptors (Lipinski definition) is 4. The standard InChI is InChI=1S/C20H28ClN5O2S/c1-20(2,3)26-29(27,28)17-8-6-5-7-16(17)14-25-19(22-4)23-12-11-15-9-10-18(21)24-13-15/h5-10,13,26H,11-12,14H2,1-4H3,(H2,22,23,25). The fourth-order valence-corrected chi connectivity index (χ4v) is 4.42. The van der Waals surface area contributed by atoms with E-state index in [4.69, 9.17) is 11.6 Å². The van der Waals surface area contributed by atoms with Crippen LogP contribution in [0.2, 0.25) is 5.15 Å². The molecule has 9 heteroatoms. The lowest BCUT2D eigenvalue weighted by atomic mass is 10.1. The molecule has 0 aliphatic heterocycles. The summed E-state index contributed by atoms with van der Waals surface area (Å²) in [6.45, 7) is 6.41. The summed E-state index contributed by atoms with van der Waals surface area (Å²) < 4.78 is 28.2. The highest BCUT2D eigenvalue weighted by atomic mass is 35.5. The molecule has 0 saturated carbocycles. The van der Waals surface area contributed by atoms with Crippen LogP contribution in [-0.2, 0) is 23.0 Å². The number of pyridine rings is 1. The molecular formula is C20H28ClN5O2S. The maximum atomic E-state index is 12.7. The Balaban J connectivity index is 1.98. The molecule has 0 radical (unpaired) electrons. The van der Waals surface area contributed by atoms with Crippen LogP contribution >= 0.6 is 11.6 Å². The molecule has 0 spiro atoms. The lowest BCUT2D eigenvalue weighted by Gasteiger charge is -2.22. The van der Waals surface area contributed by atoms with Gasteiger partial charge in [0.05, 0.1) is 4.90 Å². The average molecular weight is 438 g/mol. The van der Waals surface area contributed by atoms with Crippen LogP contribution in [0.5, 0.6) is 0 Å². The second-order valence-corrected chi connectivity index (χ2v) is 9.59. The normalized spacial score (nSPS) is 12.7. The Bertz CT molecular complexity index is 938. The molecule has 0 saturated heterocycles. The van der Waals surface area contributed by atoms with E-state index in [1.807, 2.05) is 32.9 Å². The molecule has 0 aliphatic carbocycles. The number of aliphatic imine (C=N–C) groups is 1. The monoisotopic (exact) mass is 437 g/mol. The van der Waals surface area contributed by atoms with Gasteiger partial charge in [0.1, 0.15) is 5.15 Å². The first kappa shape index (κ1) is 23.1. The summed E-state index contributed by atoms with van der Waals surface area (Å²) in [5, 5.41) is 6.85. The van der Waals surface area contributed by atoms with Crippen LogP contribution in [0.4, 0.5) is 0 Å². The van der Waals surface area contributed by atoms with Crippen molar-refractivity contribution < 1.29 is 8.42 Å². The van der Waals surface area contributed by atoms with Crippen molar-refractivity contribution in [2.75, 3.05) is 13.6 Å². The number of nitrogens with zero attached hydrogens (tertiary/aromatic N) is 2. The summed E-state index contributed by atoms with van der Waals surface area (Å²) in [4.78, 5) is 8.51. The first-order valence-electron chi connectivity index (χ1n) is 9.27. The van der Waals surface area contributed by atoms with E-state index in [0.717, 1.165) is 12.0 Å². The largest absolute Gasteiger partial charge is 0.356 e. The summed E-state index contributed by atoms with van der Waals surface area (Å²) in [5.41, 5.74) is 1.16. The first-order valence-corrected chi connectivity index (χ1v) is 11.1. The van der Waals surface area contributed by atoms with Crippen molar-refractivity contribution >= 4 is 27.6 Å². The van der Waals surface area contributed by atoms with E-state index >= 15 is 0 Å². The van der Waals surface area contributed by atoms with Gasteiger partial charge in [0, 0.05) is 31.9 Å². The second kappa shape index (κ2) is 10.0. The summed E-state index contributed by atoms with van der Waals surface area (Å²) in [7, 11) is -1.96. The highest BCUT2D eigenvalue weighted by Crippen LogP contribution is 2.17. The van der Waals surface area contributed by atoms with Crippen molar-refractivity contribution in [2.45, 2.75) is 44.2 Å². The maximum absolute atomic E-state index is 12.7. The van der Waals surface area contributed by atoms with Gasteiger partial charge in [-0.15, -0.1) is 0 Å². The van der Waals surface area contributed by atoms with E-state index < -0.39 is 15.6 Å². The van der Waals surface area contributed by atoms with Crippen LogP contribution in [0, 0.1) is 0 Å². The zero-order valence-corrected chi connectivity index (χ0v) is 18.7. The molecule has 7 nitrogen and oxygen atoms in total. The van der Waals surface area contributed by atoms with E-state index in [1.165, 1.54) is 0 Å². The smallest absolute Gasteiger partial charge is 0.241 e. The van der Waals surface area contributed by atoms with E-state index in [-0.39, 0.29) is 4.90 Å². The molecule has 1 aromatic carbocycles. The molecule has 0 aliphatic rings. The van der Waals surface area contributed by atoms with Gasteiger partial charge in [0.15, 0.2) is 5.96 Å². The third kappa shape index (κ3) is 7.64. The van der Waals surface area contributed by atoms with E-state index in [2.05, 4.69) is 25.3 Å². The number of rotatable bonds is 7. The fourth-order valence-electron chi connectivity index (χ4n) is 2.65. The molecule has 0 amide bonds. The number of nitrogens with one attached hydrogen (secondary N) is 3. The molecule has 1 heterocycles. The summed E-state index contributed by atoms with van der Waals surface area (Å²) >= 11 is 5.80. The Morgan fingerprint density at radius 2 is 1.86 bits per heavy atom. The zero-order valence-electron chi connectivity index (χ0n) is 17.2. The third-order valence-electron chi connectivity index (χ3n) is 3.87. The summed E-state index contributed by atoms with van der Waals surface area (Å²) in [6.07, 6.45) is 2.49. The molecule has 2 aromatic rings. The lowest BCUT2D eigenvalue weighted by Crippen LogP contribution is -2.41. The molecule has 29 heavy (non-hydrogen) atoms. The average Bonchev–Trinajstić information content (AvgIpc) is 2.64. The number of guanidine groups is 1. The van der Waals surface area contributed by atoms with Gasteiger partial charge in [-0.25, -0.2) is 18.1 Å². The highest BCUT2D eigenvalue weighted by molar-refractivity contribution is 7.89. The van der Waals surface area contributed by atoms with Crippen LogP contribution in [-0.4, -0.2) is 38.5 Å². The number of aromatic nitrogens is 1. The molecule has 2 rings (SSSR count). The van der Waals surface area contributed by atoms with Gasteiger partial charge in [-0.05, 0) is 50.5 Å². The number of sulfonamides is 1. The number of halogens is 1. The Morgan fingerprint density at radius 3 is 2.48 bits per heavy atom. The zero-order chi connectivity index (χ0) is 21.5. The second-order valence-electron chi connectivity index (χ2n) is 7.55. The fraction of sp³-hybridized carbons (Fsp3) is 0.400. The van der Waals surface area contributed by atoms with Crippen LogP contribution in [0.25, 0.3) is 0 Å². The van der Waals surface area contributed by atoms with Crippen molar-refractivity contribution in [2.24, 2.45) is 4.99 Å². The van der Waals surface area contributed by atoms with Crippen molar-refractivity contribution in [3.8, 4) is 0 Å². The molecular weight excluding hydrogens is 410 g/mol. The Morgan fingerprint density at radius 1 is 1.14 bits per heavy atom. The van der Waals surface area contributed by atoms with Crippen LogP contribution in [0.1, 0.15) is 31.9 Å². The van der Waals surface area contributed by atoms with E-state index in [0.29, 0.717) is 29.8 Å². The topological polar surface area (TPSA) is 95.5 Å². The van der Waals surface area contributed by atoms with Gasteiger partial charge in [-0.3, -0.25) is 4.99 Å². The first-order chi connectivity index (χ1) is 13.6. The lowest BCUT2D eigenvalue weighted by molar-refractivity contribution is 0.491. The van der Waals surface area contributed by atoms with Crippen LogP contribution in [0.3, 0.4) is 0 Å². The van der Waals surface area contributed by atoms with E-state index in [9.17, 15) is 8.42 Å². The molecule has 0 unspecified atom stereocenters.